The number of hydrogen-bond acceptors (Lipinski definition) is 10. The molecule has 2 saturated heterocycles. The van der Waals surface area contributed by atoms with Crippen LogP contribution in [0.5, 0.6) is 0 Å². The third-order valence-electron chi connectivity index (χ3n) is 4.70. The van der Waals surface area contributed by atoms with E-state index in [0.717, 1.165) is 0 Å². The van der Waals surface area contributed by atoms with E-state index in [1.54, 1.807) is 13.8 Å². The van der Waals surface area contributed by atoms with Crippen molar-refractivity contribution in [2.75, 3.05) is 13.2 Å². The van der Waals surface area contributed by atoms with Gasteiger partial charge in [-0.05, 0) is 5.92 Å². The van der Waals surface area contributed by atoms with Gasteiger partial charge in [0.15, 0.2) is 6.29 Å². The van der Waals surface area contributed by atoms with Gasteiger partial charge in [0.05, 0.1) is 19.3 Å². The van der Waals surface area contributed by atoms with Crippen molar-refractivity contribution in [3.63, 3.8) is 0 Å². The highest BCUT2D eigenvalue weighted by Gasteiger charge is 2.50. The lowest BCUT2D eigenvalue weighted by molar-refractivity contribution is -0.344. The molecule has 10 heteroatoms. The van der Waals surface area contributed by atoms with Crippen molar-refractivity contribution in [3.05, 3.63) is 0 Å². The molecule has 7 N–H and O–H groups in total. The van der Waals surface area contributed by atoms with Gasteiger partial charge in [0.25, 0.3) is 0 Å². The van der Waals surface area contributed by atoms with Gasteiger partial charge in [-0.1, -0.05) is 13.8 Å². The van der Waals surface area contributed by atoms with Crippen LogP contribution in [0, 0.1) is 5.92 Å². The Balaban J connectivity index is 2.17. The maximum absolute atomic E-state index is 10.4. The van der Waals surface area contributed by atoms with E-state index in [4.69, 9.17) is 14.2 Å². The van der Waals surface area contributed by atoms with E-state index in [2.05, 4.69) is 0 Å². The Morgan fingerprint density at radius 1 is 0.760 bits per heavy atom. The average molecular weight is 368 g/mol. The summed E-state index contributed by atoms with van der Waals surface area (Å²) < 4.78 is 16.4. The van der Waals surface area contributed by atoms with Crippen LogP contribution in [0.25, 0.3) is 0 Å². The number of aliphatic hydroxyl groups is 7. The van der Waals surface area contributed by atoms with E-state index in [1.807, 2.05) is 0 Å². The first-order valence-electron chi connectivity index (χ1n) is 8.31. The molecule has 2 heterocycles. The lowest BCUT2D eigenvalue weighted by atomic mass is 9.89. The first-order chi connectivity index (χ1) is 11.7. The molecule has 0 aliphatic carbocycles. The van der Waals surface area contributed by atoms with Crippen molar-refractivity contribution in [3.8, 4) is 0 Å². The molecule has 2 rings (SSSR count). The Hall–Kier alpha value is -0.400. The zero-order valence-corrected chi connectivity index (χ0v) is 14.1. The molecule has 0 aromatic heterocycles. The molecule has 10 atom stereocenters. The highest BCUT2D eigenvalue weighted by atomic mass is 16.7. The minimum Gasteiger partial charge on any atom is -0.394 e. The monoisotopic (exact) mass is 368 g/mol. The third kappa shape index (κ3) is 4.14. The van der Waals surface area contributed by atoms with Crippen molar-refractivity contribution in [2.45, 2.75) is 75.1 Å². The van der Waals surface area contributed by atoms with Gasteiger partial charge in [0.1, 0.15) is 48.8 Å². The number of aliphatic hydroxyl groups excluding tert-OH is 7. The summed E-state index contributed by atoms with van der Waals surface area (Å²) in [7, 11) is 0. The zero-order valence-electron chi connectivity index (χ0n) is 14.1. The quantitative estimate of drug-likeness (QED) is 0.256. The highest BCUT2D eigenvalue weighted by molar-refractivity contribution is 4.96. The Kier molecular flexibility index (Phi) is 7.13. The standard InChI is InChI=1S/C15H28O10/c1-5(2)13-14(11(21)9(19)6(3-16)23-13)25-15-12(22)10(20)8(18)7(4-17)24-15/h5-22H,3-4H2,1-2H3/t6-,7+,8-,9?,10?,11-,12?,13?,14-,15-/m1/s1. The molecule has 2 aliphatic rings. The molecule has 0 bridgehead atoms. The summed E-state index contributed by atoms with van der Waals surface area (Å²) in [6.07, 6.45) is -13.1. The first kappa shape index (κ1) is 20.9. The summed E-state index contributed by atoms with van der Waals surface area (Å²) in [5.74, 6) is -0.175. The normalized spacial score (nSPS) is 48.7. The Morgan fingerprint density at radius 3 is 1.80 bits per heavy atom. The van der Waals surface area contributed by atoms with Crippen LogP contribution in [-0.4, -0.2) is 110 Å². The average Bonchev–Trinajstić information content (AvgIpc) is 2.59. The fourth-order valence-electron chi connectivity index (χ4n) is 3.15. The van der Waals surface area contributed by atoms with Crippen LogP contribution in [0.1, 0.15) is 13.8 Å². The zero-order chi connectivity index (χ0) is 18.9. The summed E-state index contributed by atoms with van der Waals surface area (Å²) in [4.78, 5) is 0. The van der Waals surface area contributed by atoms with Crippen LogP contribution in [0.3, 0.4) is 0 Å². The lowest BCUT2D eigenvalue weighted by Crippen LogP contribution is -2.65. The van der Waals surface area contributed by atoms with Crippen molar-refractivity contribution < 1.29 is 50.0 Å². The Labute approximate surface area is 145 Å². The van der Waals surface area contributed by atoms with E-state index in [1.165, 1.54) is 0 Å². The number of ether oxygens (including phenoxy) is 3. The number of rotatable bonds is 5. The second-order valence-corrected chi connectivity index (χ2v) is 6.84. The van der Waals surface area contributed by atoms with Crippen LogP contribution in [0.15, 0.2) is 0 Å². The molecule has 0 spiro atoms. The van der Waals surface area contributed by atoms with Crippen LogP contribution in [0.4, 0.5) is 0 Å². The molecule has 0 aromatic rings. The topological polar surface area (TPSA) is 169 Å². The van der Waals surface area contributed by atoms with Crippen molar-refractivity contribution in [1.29, 1.82) is 0 Å². The van der Waals surface area contributed by atoms with Crippen LogP contribution < -0.4 is 0 Å². The van der Waals surface area contributed by atoms with Gasteiger partial charge in [0.2, 0.25) is 0 Å². The molecule has 0 amide bonds. The van der Waals surface area contributed by atoms with Crippen molar-refractivity contribution in [1.82, 2.24) is 0 Å². The number of hydrogen-bond donors (Lipinski definition) is 7. The molecular weight excluding hydrogens is 340 g/mol. The molecule has 0 radical (unpaired) electrons. The second-order valence-electron chi connectivity index (χ2n) is 6.84. The Bertz CT molecular complexity index is 419. The maximum Gasteiger partial charge on any atom is 0.187 e. The molecule has 0 saturated carbocycles. The van der Waals surface area contributed by atoms with Gasteiger partial charge in [-0.25, -0.2) is 0 Å². The van der Waals surface area contributed by atoms with Crippen molar-refractivity contribution >= 4 is 0 Å². The smallest absolute Gasteiger partial charge is 0.187 e. The summed E-state index contributed by atoms with van der Waals surface area (Å²) in [5.41, 5.74) is 0. The molecule has 2 fully saturated rings. The summed E-state index contributed by atoms with van der Waals surface area (Å²) >= 11 is 0. The fourth-order valence-corrected chi connectivity index (χ4v) is 3.15. The van der Waals surface area contributed by atoms with E-state index < -0.39 is 74.4 Å². The predicted molar refractivity (Wildman–Crippen MR) is 81.2 cm³/mol. The van der Waals surface area contributed by atoms with Gasteiger partial charge < -0.3 is 50.0 Å². The third-order valence-corrected chi connectivity index (χ3v) is 4.70. The van der Waals surface area contributed by atoms with Crippen LogP contribution >= 0.6 is 0 Å². The van der Waals surface area contributed by atoms with Crippen LogP contribution in [0.2, 0.25) is 0 Å². The molecular formula is C15H28O10. The van der Waals surface area contributed by atoms with E-state index >= 15 is 0 Å². The molecule has 25 heavy (non-hydrogen) atoms. The van der Waals surface area contributed by atoms with E-state index in [-0.39, 0.29) is 5.92 Å². The highest BCUT2D eigenvalue weighted by Crippen LogP contribution is 2.31. The molecule has 4 unspecified atom stereocenters. The first-order valence-corrected chi connectivity index (χ1v) is 8.31. The molecule has 10 nitrogen and oxygen atoms in total. The summed E-state index contributed by atoms with van der Waals surface area (Å²) in [5, 5.41) is 68.6. The van der Waals surface area contributed by atoms with Gasteiger partial charge in [-0.2, -0.15) is 0 Å². The molecule has 0 aromatic carbocycles. The molecule has 148 valence electrons. The van der Waals surface area contributed by atoms with Crippen molar-refractivity contribution in [2.24, 2.45) is 5.92 Å². The second kappa shape index (κ2) is 8.53. The summed E-state index contributed by atoms with van der Waals surface area (Å²) in [6, 6.07) is 0. The lowest BCUT2D eigenvalue weighted by Gasteiger charge is -2.47. The van der Waals surface area contributed by atoms with E-state index in [0.29, 0.717) is 0 Å². The largest absolute Gasteiger partial charge is 0.394 e. The molecule has 2 aliphatic heterocycles. The minimum atomic E-state index is -1.63. The van der Waals surface area contributed by atoms with Crippen LogP contribution in [-0.2, 0) is 14.2 Å². The van der Waals surface area contributed by atoms with Gasteiger partial charge in [0, 0.05) is 0 Å². The van der Waals surface area contributed by atoms with Gasteiger partial charge in [-0.15, -0.1) is 0 Å². The van der Waals surface area contributed by atoms with Gasteiger partial charge in [-0.3, -0.25) is 0 Å². The summed E-state index contributed by atoms with van der Waals surface area (Å²) in [6.45, 7) is 2.46. The Morgan fingerprint density at radius 2 is 1.28 bits per heavy atom. The maximum atomic E-state index is 10.4. The van der Waals surface area contributed by atoms with Gasteiger partial charge >= 0.3 is 0 Å². The predicted octanol–water partition coefficient (Wildman–Crippen LogP) is -3.69. The van der Waals surface area contributed by atoms with E-state index in [9.17, 15) is 35.7 Å². The SMILES string of the molecule is CC(C)C1O[C@H](CO)C(O)[C@@H](O)[C@H]1O[C@H]1O[C@@H](CO)[C@@H](O)C(O)C1O. The minimum absolute atomic E-state index is 0.175. The fraction of sp³-hybridized carbons (Fsp3) is 1.00.